The number of imidazole rings is 1. The average molecular weight is 502 g/mol. The largest absolute Gasteiger partial charge is 0.507 e. The van der Waals surface area contributed by atoms with Crippen LogP contribution in [0.5, 0.6) is 5.75 Å². The zero-order valence-corrected chi connectivity index (χ0v) is 20.6. The summed E-state index contributed by atoms with van der Waals surface area (Å²) in [4.78, 5) is 43.9. The van der Waals surface area contributed by atoms with Crippen molar-refractivity contribution in [1.82, 2.24) is 14.5 Å². The van der Waals surface area contributed by atoms with Crippen LogP contribution in [0.3, 0.4) is 0 Å². The second-order valence-electron chi connectivity index (χ2n) is 9.22. The monoisotopic (exact) mass is 501 g/mol. The maximum atomic E-state index is 13.3. The minimum Gasteiger partial charge on any atom is -0.507 e. The summed E-state index contributed by atoms with van der Waals surface area (Å²) in [6.45, 7) is 2.87. The number of aromatic nitrogens is 2. The Hall–Kier alpha value is -4.40. The lowest BCUT2D eigenvalue weighted by Crippen LogP contribution is -2.31. The molecule has 2 atom stereocenters. The smallest absolute Gasteiger partial charge is 0.337 e. The molecule has 9 heteroatoms. The highest BCUT2D eigenvalue weighted by Gasteiger charge is 2.46. The van der Waals surface area contributed by atoms with Crippen LogP contribution in [0.15, 0.2) is 66.8 Å². The van der Waals surface area contributed by atoms with Crippen LogP contribution in [-0.4, -0.2) is 57.0 Å². The molecule has 9 nitrogen and oxygen atoms in total. The third-order valence-corrected chi connectivity index (χ3v) is 6.73. The van der Waals surface area contributed by atoms with Gasteiger partial charge in [-0.15, -0.1) is 0 Å². The molecular formula is C28H27N3O6. The number of ketones is 1. The van der Waals surface area contributed by atoms with E-state index in [1.807, 2.05) is 17.7 Å². The Morgan fingerprint density at radius 3 is 2.59 bits per heavy atom. The maximum absolute atomic E-state index is 13.3. The van der Waals surface area contributed by atoms with E-state index in [-0.39, 0.29) is 17.4 Å². The van der Waals surface area contributed by atoms with Crippen LogP contribution in [0.2, 0.25) is 0 Å². The molecule has 2 aliphatic rings. The van der Waals surface area contributed by atoms with Gasteiger partial charge in [-0.2, -0.15) is 0 Å². The highest BCUT2D eigenvalue weighted by atomic mass is 16.5. The number of aryl methyl sites for hydroxylation is 1. The van der Waals surface area contributed by atoms with Gasteiger partial charge in [0.2, 0.25) is 0 Å². The molecular weight excluding hydrogens is 474 g/mol. The second kappa shape index (κ2) is 9.93. The first-order valence-corrected chi connectivity index (χ1v) is 12.1. The molecule has 3 heterocycles. The topological polar surface area (TPSA) is 111 Å². The van der Waals surface area contributed by atoms with Gasteiger partial charge in [0, 0.05) is 37.5 Å². The molecule has 0 radical (unpaired) electrons. The number of rotatable bonds is 7. The number of ether oxygens (including phenoxy) is 2. The molecule has 2 aliphatic heterocycles. The van der Waals surface area contributed by atoms with Crippen molar-refractivity contribution in [3.05, 3.63) is 89.0 Å². The van der Waals surface area contributed by atoms with Gasteiger partial charge in [0.1, 0.15) is 17.6 Å². The number of likely N-dealkylation sites (tertiary alicyclic amines) is 1. The number of hydrogen-bond acceptors (Lipinski definition) is 7. The molecule has 1 fully saturated rings. The van der Waals surface area contributed by atoms with Crippen LogP contribution in [-0.2, 0) is 27.3 Å². The molecule has 1 saturated heterocycles. The number of amides is 1. The number of carbonyl (C=O) groups is 3. The fourth-order valence-electron chi connectivity index (χ4n) is 4.94. The standard InChI is InChI=1S/C28H27N3O6/c1-17-14-21-15-20(8-9-22(21)37-17)25(32)23-24(18-4-6-19(7-5-18)28(35)36-2)31(27(34)26(23)33)12-3-11-30-13-10-29-16-30/h4-10,13,15-17,24,32H,3,11-12,14H2,1-2H3/t17-,24+/m1/s1. The fraction of sp³-hybridized carbons (Fsp3) is 0.286. The van der Waals surface area contributed by atoms with Crippen molar-refractivity contribution in [2.75, 3.05) is 13.7 Å². The number of Topliss-reactive ketones (excluding diaryl/α,β-unsaturated/α-hetero) is 1. The van der Waals surface area contributed by atoms with Gasteiger partial charge >= 0.3 is 5.97 Å². The van der Waals surface area contributed by atoms with Crippen molar-refractivity contribution in [2.45, 2.75) is 38.5 Å². The van der Waals surface area contributed by atoms with Gasteiger partial charge in [-0.05, 0) is 54.8 Å². The molecule has 5 rings (SSSR count). The van der Waals surface area contributed by atoms with E-state index in [1.54, 1.807) is 55.0 Å². The Bertz CT molecular complexity index is 1380. The third-order valence-electron chi connectivity index (χ3n) is 6.73. The zero-order valence-electron chi connectivity index (χ0n) is 20.6. The maximum Gasteiger partial charge on any atom is 0.337 e. The summed E-state index contributed by atoms with van der Waals surface area (Å²) in [6, 6.07) is 11.0. The summed E-state index contributed by atoms with van der Waals surface area (Å²) in [5, 5.41) is 11.4. The molecule has 0 spiro atoms. The Kier molecular flexibility index (Phi) is 6.52. The Morgan fingerprint density at radius 2 is 1.89 bits per heavy atom. The minimum atomic E-state index is -0.807. The van der Waals surface area contributed by atoms with Crippen molar-refractivity contribution in [2.24, 2.45) is 0 Å². The summed E-state index contributed by atoms with van der Waals surface area (Å²) >= 11 is 0. The number of esters is 1. The van der Waals surface area contributed by atoms with Crippen molar-refractivity contribution in [3.8, 4) is 5.75 Å². The molecule has 0 unspecified atom stereocenters. The van der Waals surface area contributed by atoms with E-state index in [0.717, 1.165) is 11.3 Å². The number of nitrogens with zero attached hydrogens (tertiary/aromatic N) is 3. The first-order chi connectivity index (χ1) is 17.9. The van der Waals surface area contributed by atoms with Crippen molar-refractivity contribution < 1.29 is 29.0 Å². The van der Waals surface area contributed by atoms with Crippen LogP contribution >= 0.6 is 0 Å². The van der Waals surface area contributed by atoms with Crippen molar-refractivity contribution >= 4 is 23.4 Å². The second-order valence-corrected chi connectivity index (χ2v) is 9.22. The van der Waals surface area contributed by atoms with E-state index in [4.69, 9.17) is 9.47 Å². The lowest BCUT2D eigenvalue weighted by molar-refractivity contribution is -0.139. The molecule has 190 valence electrons. The van der Waals surface area contributed by atoms with E-state index in [0.29, 0.717) is 42.6 Å². The van der Waals surface area contributed by atoms with Gasteiger partial charge in [-0.1, -0.05) is 12.1 Å². The molecule has 0 aliphatic carbocycles. The van der Waals surface area contributed by atoms with E-state index in [1.165, 1.54) is 12.0 Å². The van der Waals surface area contributed by atoms with Gasteiger partial charge in [-0.3, -0.25) is 9.59 Å². The molecule has 3 aromatic rings. The van der Waals surface area contributed by atoms with Crippen LogP contribution in [0.25, 0.3) is 5.76 Å². The summed E-state index contributed by atoms with van der Waals surface area (Å²) in [5.74, 6) is -1.39. The molecule has 1 aromatic heterocycles. The van der Waals surface area contributed by atoms with Crippen LogP contribution in [0, 0.1) is 0 Å². The minimum absolute atomic E-state index is 0.0189. The van der Waals surface area contributed by atoms with E-state index >= 15 is 0 Å². The molecule has 1 N–H and O–H groups in total. The number of fused-ring (bicyclic) bond motifs is 1. The summed E-state index contributed by atoms with van der Waals surface area (Å²) < 4.78 is 12.4. The van der Waals surface area contributed by atoms with Gasteiger partial charge in [0.15, 0.2) is 0 Å². The lowest BCUT2D eigenvalue weighted by Gasteiger charge is -2.25. The summed E-state index contributed by atoms with van der Waals surface area (Å²) in [7, 11) is 1.30. The number of aliphatic hydroxyl groups is 1. The lowest BCUT2D eigenvalue weighted by atomic mass is 9.94. The number of hydrogen-bond donors (Lipinski definition) is 1. The van der Waals surface area contributed by atoms with Crippen molar-refractivity contribution in [1.29, 1.82) is 0 Å². The highest BCUT2D eigenvalue weighted by Crippen LogP contribution is 2.40. The quantitative estimate of drug-likeness (QED) is 0.228. The molecule has 0 saturated carbocycles. The first kappa shape index (κ1) is 24.3. The van der Waals surface area contributed by atoms with Crippen LogP contribution in [0.1, 0.15) is 46.4 Å². The predicted molar refractivity (Wildman–Crippen MR) is 134 cm³/mol. The third kappa shape index (κ3) is 4.60. The fourth-order valence-corrected chi connectivity index (χ4v) is 4.94. The predicted octanol–water partition coefficient (Wildman–Crippen LogP) is 3.51. The van der Waals surface area contributed by atoms with E-state index in [2.05, 4.69) is 4.98 Å². The Morgan fingerprint density at radius 1 is 1.14 bits per heavy atom. The molecule has 2 aromatic carbocycles. The first-order valence-electron chi connectivity index (χ1n) is 12.1. The van der Waals surface area contributed by atoms with Crippen LogP contribution in [0.4, 0.5) is 0 Å². The normalized spacial score (nSPS) is 20.1. The van der Waals surface area contributed by atoms with Gasteiger partial charge in [-0.25, -0.2) is 9.78 Å². The molecule has 0 bridgehead atoms. The zero-order chi connectivity index (χ0) is 26.1. The Labute approximate surface area is 213 Å². The Balaban J connectivity index is 1.53. The van der Waals surface area contributed by atoms with E-state index in [9.17, 15) is 19.5 Å². The van der Waals surface area contributed by atoms with Gasteiger partial charge in [0.05, 0.1) is 30.6 Å². The SMILES string of the molecule is COC(=O)c1ccc([C@H]2C(=C(O)c3ccc4c(c3)C[C@@H](C)O4)C(=O)C(=O)N2CCCn2ccnc2)cc1. The summed E-state index contributed by atoms with van der Waals surface area (Å²) in [5.41, 5.74) is 2.35. The summed E-state index contributed by atoms with van der Waals surface area (Å²) in [6.07, 6.45) is 6.50. The number of methoxy groups -OCH3 is 1. The molecule has 1 amide bonds. The van der Waals surface area contributed by atoms with Gasteiger partial charge < -0.3 is 24.0 Å². The number of benzene rings is 2. The van der Waals surface area contributed by atoms with E-state index < -0.39 is 23.7 Å². The van der Waals surface area contributed by atoms with Gasteiger partial charge in [0.25, 0.3) is 11.7 Å². The average Bonchev–Trinajstić information content (AvgIpc) is 3.62. The number of aliphatic hydroxyl groups excluding tert-OH is 1. The number of carbonyl (C=O) groups excluding carboxylic acids is 3. The van der Waals surface area contributed by atoms with Crippen molar-refractivity contribution in [3.63, 3.8) is 0 Å². The van der Waals surface area contributed by atoms with Crippen LogP contribution < -0.4 is 4.74 Å². The molecule has 37 heavy (non-hydrogen) atoms. The highest BCUT2D eigenvalue weighted by molar-refractivity contribution is 6.46.